The first-order chi connectivity index (χ1) is 13.7. The second-order valence-electron chi connectivity index (χ2n) is 7.12. The predicted molar refractivity (Wildman–Crippen MR) is 110 cm³/mol. The number of benzene rings is 1. The van der Waals surface area contributed by atoms with Gasteiger partial charge in [-0.15, -0.1) is 0 Å². The van der Waals surface area contributed by atoms with Crippen molar-refractivity contribution in [2.75, 3.05) is 18.4 Å². The maximum Gasteiger partial charge on any atom is 0.246 e. The molecule has 3 heterocycles. The van der Waals surface area contributed by atoms with E-state index >= 15 is 0 Å². The summed E-state index contributed by atoms with van der Waals surface area (Å²) in [7, 11) is 0. The Morgan fingerprint density at radius 2 is 1.96 bits per heavy atom. The monoisotopic (exact) mass is 373 g/mol. The van der Waals surface area contributed by atoms with Crippen LogP contribution < -0.4 is 5.32 Å². The third-order valence-corrected chi connectivity index (χ3v) is 5.18. The number of pyridine rings is 1. The number of carbonyl (C=O) groups is 2. The molecule has 1 N–H and O–H groups in total. The van der Waals surface area contributed by atoms with Gasteiger partial charge in [-0.2, -0.15) is 0 Å². The van der Waals surface area contributed by atoms with E-state index in [4.69, 9.17) is 0 Å². The molecule has 28 heavy (non-hydrogen) atoms. The molecule has 1 aromatic heterocycles. The molecule has 4 rings (SSSR count). The number of hydrogen-bond donors (Lipinski definition) is 1. The van der Waals surface area contributed by atoms with Gasteiger partial charge in [0.2, 0.25) is 11.8 Å². The molecule has 0 spiro atoms. The Kier molecular flexibility index (Phi) is 5.33. The molecule has 2 aliphatic rings. The Morgan fingerprint density at radius 1 is 1.11 bits per heavy atom. The minimum Gasteiger partial charge on any atom is -0.339 e. The normalized spacial score (nSPS) is 16.9. The maximum absolute atomic E-state index is 12.6. The van der Waals surface area contributed by atoms with Gasteiger partial charge in [0, 0.05) is 31.8 Å². The molecule has 2 aromatic rings. The molecule has 0 fully saturated rings. The van der Waals surface area contributed by atoms with Gasteiger partial charge in [-0.1, -0.05) is 36.4 Å². The predicted octanol–water partition coefficient (Wildman–Crippen LogP) is 3.69. The lowest BCUT2D eigenvalue weighted by molar-refractivity contribution is -0.125. The van der Waals surface area contributed by atoms with E-state index in [0.29, 0.717) is 18.7 Å². The third-order valence-electron chi connectivity index (χ3n) is 5.18. The molecule has 0 bridgehead atoms. The van der Waals surface area contributed by atoms with Crippen LogP contribution in [0.4, 0.5) is 5.82 Å². The highest BCUT2D eigenvalue weighted by atomic mass is 16.2. The molecule has 0 aliphatic carbocycles. The molecular formula is C23H23N3O2. The van der Waals surface area contributed by atoms with Crippen LogP contribution in [0.2, 0.25) is 0 Å². The highest BCUT2D eigenvalue weighted by Gasteiger charge is 2.17. The number of carbonyl (C=O) groups excluding carboxylic acids is 2. The quantitative estimate of drug-likeness (QED) is 0.835. The van der Waals surface area contributed by atoms with Gasteiger partial charge in [-0.3, -0.25) is 9.59 Å². The second kappa shape index (κ2) is 8.21. The zero-order chi connectivity index (χ0) is 19.3. The fourth-order valence-electron chi connectivity index (χ4n) is 3.64. The summed E-state index contributed by atoms with van der Waals surface area (Å²) in [6, 6.07) is 12.3. The number of aromatic nitrogens is 1. The van der Waals surface area contributed by atoms with E-state index in [1.54, 1.807) is 12.3 Å². The SMILES string of the molecule is O=C1CCc2cc(C=CC(=O)N3CCC=C(c4ccccc4)CC3)cnc2N1. The third kappa shape index (κ3) is 4.19. The summed E-state index contributed by atoms with van der Waals surface area (Å²) >= 11 is 0. The number of anilines is 1. The molecular weight excluding hydrogens is 350 g/mol. The van der Waals surface area contributed by atoms with Crippen molar-refractivity contribution in [2.45, 2.75) is 25.7 Å². The molecule has 2 amide bonds. The number of nitrogens with one attached hydrogen (secondary N) is 1. The summed E-state index contributed by atoms with van der Waals surface area (Å²) in [5, 5.41) is 2.77. The lowest BCUT2D eigenvalue weighted by Crippen LogP contribution is -2.30. The molecule has 5 heteroatoms. The van der Waals surface area contributed by atoms with E-state index in [2.05, 4.69) is 28.5 Å². The van der Waals surface area contributed by atoms with E-state index in [9.17, 15) is 9.59 Å². The van der Waals surface area contributed by atoms with Gasteiger partial charge in [0.05, 0.1) is 0 Å². The highest BCUT2D eigenvalue weighted by Crippen LogP contribution is 2.23. The van der Waals surface area contributed by atoms with Crippen molar-refractivity contribution in [3.63, 3.8) is 0 Å². The Bertz CT molecular complexity index is 948. The minimum absolute atomic E-state index is 0.00288. The molecule has 0 radical (unpaired) electrons. The number of amides is 2. The van der Waals surface area contributed by atoms with E-state index in [1.807, 2.05) is 35.2 Å². The van der Waals surface area contributed by atoms with Gasteiger partial charge >= 0.3 is 0 Å². The summed E-state index contributed by atoms with van der Waals surface area (Å²) in [4.78, 5) is 30.3. The fraction of sp³-hybridized carbons (Fsp3) is 0.261. The van der Waals surface area contributed by atoms with Crippen LogP contribution in [-0.4, -0.2) is 34.8 Å². The van der Waals surface area contributed by atoms with Gasteiger partial charge in [-0.05, 0) is 53.7 Å². The van der Waals surface area contributed by atoms with Crippen molar-refractivity contribution < 1.29 is 9.59 Å². The average molecular weight is 373 g/mol. The molecule has 0 saturated heterocycles. The van der Waals surface area contributed by atoms with Gasteiger partial charge < -0.3 is 10.2 Å². The lowest BCUT2D eigenvalue weighted by atomic mass is 10.0. The summed E-state index contributed by atoms with van der Waals surface area (Å²) < 4.78 is 0. The lowest BCUT2D eigenvalue weighted by Gasteiger charge is -2.19. The molecule has 1 aromatic carbocycles. The molecule has 0 saturated carbocycles. The first-order valence-electron chi connectivity index (χ1n) is 9.69. The van der Waals surface area contributed by atoms with Crippen LogP contribution in [0.5, 0.6) is 0 Å². The fourth-order valence-corrected chi connectivity index (χ4v) is 3.64. The number of fused-ring (bicyclic) bond motifs is 1. The smallest absolute Gasteiger partial charge is 0.246 e. The van der Waals surface area contributed by atoms with Gasteiger partial charge in [0.1, 0.15) is 5.82 Å². The minimum atomic E-state index is 0.00288. The average Bonchev–Trinajstić information content (AvgIpc) is 2.99. The van der Waals surface area contributed by atoms with Crippen molar-refractivity contribution in [1.29, 1.82) is 0 Å². The van der Waals surface area contributed by atoms with Crippen LogP contribution in [0.25, 0.3) is 11.6 Å². The second-order valence-corrected chi connectivity index (χ2v) is 7.12. The Balaban J connectivity index is 1.38. The van der Waals surface area contributed by atoms with Gasteiger partial charge in [0.25, 0.3) is 0 Å². The van der Waals surface area contributed by atoms with Gasteiger partial charge in [-0.25, -0.2) is 4.98 Å². The Labute approximate surface area is 164 Å². The van der Waals surface area contributed by atoms with Crippen LogP contribution >= 0.6 is 0 Å². The number of rotatable bonds is 3. The van der Waals surface area contributed by atoms with Crippen LogP contribution in [0.1, 0.15) is 36.0 Å². The molecule has 2 aliphatic heterocycles. The largest absolute Gasteiger partial charge is 0.339 e. The summed E-state index contributed by atoms with van der Waals surface area (Å²) in [6.07, 6.45) is 10.3. The standard InChI is InChI=1S/C23H23N3O2/c27-21-10-9-20-15-17(16-24-23(20)25-21)8-11-22(28)26-13-4-7-19(12-14-26)18-5-2-1-3-6-18/h1-3,5-8,11,15-16H,4,9-10,12-14H2,(H,24,25,27). The summed E-state index contributed by atoms with van der Waals surface area (Å²) in [5.41, 5.74) is 4.43. The van der Waals surface area contributed by atoms with E-state index in [-0.39, 0.29) is 11.8 Å². The van der Waals surface area contributed by atoms with Crippen LogP contribution in [0.3, 0.4) is 0 Å². The van der Waals surface area contributed by atoms with Crippen LogP contribution in [-0.2, 0) is 16.0 Å². The topological polar surface area (TPSA) is 62.3 Å². The van der Waals surface area contributed by atoms with Crippen LogP contribution in [0, 0.1) is 0 Å². The molecule has 0 atom stereocenters. The number of nitrogens with zero attached hydrogens (tertiary/aromatic N) is 2. The summed E-state index contributed by atoms with van der Waals surface area (Å²) in [5.74, 6) is 0.656. The highest BCUT2D eigenvalue weighted by molar-refractivity contribution is 5.94. The van der Waals surface area contributed by atoms with E-state index in [1.165, 1.54) is 11.1 Å². The summed E-state index contributed by atoms with van der Waals surface area (Å²) in [6.45, 7) is 1.45. The maximum atomic E-state index is 12.6. The van der Waals surface area contributed by atoms with Crippen LogP contribution in [0.15, 0.2) is 54.7 Å². The van der Waals surface area contributed by atoms with Crippen molar-refractivity contribution in [3.05, 3.63) is 71.4 Å². The Morgan fingerprint density at radius 3 is 2.82 bits per heavy atom. The zero-order valence-corrected chi connectivity index (χ0v) is 15.7. The molecule has 5 nitrogen and oxygen atoms in total. The van der Waals surface area contributed by atoms with Crippen molar-refractivity contribution >= 4 is 29.3 Å². The van der Waals surface area contributed by atoms with Crippen molar-refractivity contribution in [3.8, 4) is 0 Å². The molecule has 142 valence electrons. The number of hydrogen-bond acceptors (Lipinski definition) is 3. The van der Waals surface area contributed by atoms with Crippen molar-refractivity contribution in [2.24, 2.45) is 0 Å². The number of aryl methyl sites for hydroxylation is 1. The molecule has 0 unspecified atom stereocenters. The van der Waals surface area contributed by atoms with E-state index < -0.39 is 0 Å². The Hall–Kier alpha value is -3.21. The van der Waals surface area contributed by atoms with E-state index in [0.717, 1.165) is 37.1 Å². The van der Waals surface area contributed by atoms with Gasteiger partial charge in [0.15, 0.2) is 0 Å². The first kappa shape index (κ1) is 18.2. The van der Waals surface area contributed by atoms with Crippen molar-refractivity contribution in [1.82, 2.24) is 9.88 Å². The first-order valence-corrected chi connectivity index (χ1v) is 9.69. The zero-order valence-electron chi connectivity index (χ0n) is 15.7.